The highest BCUT2D eigenvalue weighted by molar-refractivity contribution is 6.30. The molecule has 7 heteroatoms. The van der Waals surface area contributed by atoms with Crippen molar-refractivity contribution in [3.63, 3.8) is 0 Å². The van der Waals surface area contributed by atoms with E-state index in [1.54, 1.807) is 53.4 Å². The molecule has 1 aromatic heterocycles. The normalized spacial score (nSPS) is 16.8. The molecule has 1 fully saturated rings. The van der Waals surface area contributed by atoms with Crippen molar-refractivity contribution in [3.8, 4) is 5.75 Å². The van der Waals surface area contributed by atoms with Gasteiger partial charge in [0.15, 0.2) is 0 Å². The number of likely N-dealkylation sites (tertiary alicyclic amines) is 1. The molecule has 1 atom stereocenters. The number of carbonyl (C=O) groups is 2. The van der Waals surface area contributed by atoms with Crippen molar-refractivity contribution >= 4 is 23.4 Å². The van der Waals surface area contributed by atoms with E-state index in [0.29, 0.717) is 37.0 Å². The van der Waals surface area contributed by atoms with Gasteiger partial charge in [0.25, 0.3) is 0 Å². The maximum absolute atomic E-state index is 12.6. The lowest BCUT2D eigenvalue weighted by Gasteiger charge is -2.21. The van der Waals surface area contributed by atoms with E-state index >= 15 is 0 Å². The molecule has 0 spiro atoms. The first-order valence-corrected chi connectivity index (χ1v) is 8.84. The Hall–Kier alpha value is -2.47. The quantitative estimate of drug-likeness (QED) is 0.745. The summed E-state index contributed by atoms with van der Waals surface area (Å²) in [5.41, 5.74) is 0. The van der Waals surface area contributed by atoms with Crippen LogP contribution < -0.4 is 4.74 Å². The zero-order valence-corrected chi connectivity index (χ0v) is 15.3. The molecule has 1 aromatic carbocycles. The predicted molar refractivity (Wildman–Crippen MR) is 96.8 cm³/mol. The zero-order valence-electron chi connectivity index (χ0n) is 14.6. The lowest BCUT2D eigenvalue weighted by atomic mass is 10.1. The van der Waals surface area contributed by atoms with Gasteiger partial charge in [-0.1, -0.05) is 11.6 Å². The first kappa shape index (κ1) is 18.3. The van der Waals surface area contributed by atoms with E-state index in [1.807, 2.05) is 6.07 Å². The highest BCUT2D eigenvalue weighted by Crippen LogP contribution is 2.22. The minimum atomic E-state index is -0.321. The van der Waals surface area contributed by atoms with Gasteiger partial charge in [-0.15, -0.1) is 0 Å². The number of furan rings is 1. The van der Waals surface area contributed by atoms with Crippen LogP contribution in [0.5, 0.6) is 5.75 Å². The van der Waals surface area contributed by atoms with Crippen LogP contribution in [0.1, 0.15) is 12.2 Å². The number of nitrogens with zero attached hydrogens (tertiary/aromatic N) is 2. The van der Waals surface area contributed by atoms with Gasteiger partial charge in [-0.3, -0.25) is 9.59 Å². The maximum atomic E-state index is 12.6. The molecule has 0 bridgehead atoms. The smallest absolute Gasteiger partial charge is 0.227 e. The van der Waals surface area contributed by atoms with E-state index in [9.17, 15) is 9.59 Å². The SMILES string of the molecule is CN(CCOc1ccc(Cl)cc1)C(=O)C1CC(=O)N(Cc2ccco2)C1. The van der Waals surface area contributed by atoms with Crippen molar-refractivity contribution in [3.05, 3.63) is 53.4 Å². The van der Waals surface area contributed by atoms with Crippen LogP contribution in [-0.4, -0.2) is 48.4 Å². The molecule has 1 unspecified atom stereocenters. The lowest BCUT2D eigenvalue weighted by molar-refractivity contribution is -0.134. The Morgan fingerprint density at radius 3 is 2.81 bits per heavy atom. The summed E-state index contributed by atoms with van der Waals surface area (Å²) in [6, 6.07) is 10.7. The molecule has 2 aromatic rings. The molecule has 1 saturated heterocycles. The average Bonchev–Trinajstić information content (AvgIpc) is 3.26. The van der Waals surface area contributed by atoms with E-state index < -0.39 is 0 Å². The third-order valence-corrected chi connectivity index (χ3v) is 4.63. The minimum Gasteiger partial charge on any atom is -0.492 e. The molecule has 2 amide bonds. The second-order valence-corrected chi connectivity index (χ2v) is 6.75. The lowest BCUT2D eigenvalue weighted by Crippen LogP contribution is -2.37. The van der Waals surface area contributed by atoms with Gasteiger partial charge in [0.1, 0.15) is 18.1 Å². The Balaban J connectivity index is 1.46. The number of hydrogen-bond donors (Lipinski definition) is 0. The van der Waals surface area contributed by atoms with Gasteiger partial charge >= 0.3 is 0 Å². The van der Waals surface area contributed by atoms with Crippen LogP contribution >= 0.6 is 11.6 Å². The van der Waals surface area contributed by atoms with Gasteiger partial charge < -0.3 is 19.0 Å². The van der Waals surface area contributed by atoms with E-state index in [4.69, 9.17) is 20.8 Å². The molecule has 3 rings (SSSR count). The summed E-state index contributed by atoms with van der Waals surface area (Å²) < 4.78 is 10.9. The number of amides is 2. The van der Waals surface area contributed by atoms with Crippen LogP contribution in [-0.2, 0) is 16.1 Å². The molecular formula is C19H21ClN2O4. The van der Waals surface area contributed by atoms with Crippen LogP contribution in [0.4, 0.5) is 0 Å². The maximum Gasteiger partial charge on any atom is 0.227 e. The van der Waals surface area contributed by atoms with Crippen molar-refractivity contribution in [1.82, 2.24) is 9.80 Å². The van der Waals surface area contributed by atoms with Crippen molar-refractivity contribution in [2.24, 2.45) is 5.92 Å². The van der Waals surface area contributed by atoms with Crippen molar-refractivity contribution in [2.45, 2.75) is 13.0 Å². The Labute approximate surface area is 157 Å². The third kappa shape index (κ3) is 4.58. The summed E-state index contributed by atoms with van der Waals surface area (Å²) in [5, 5.41) is 0.648. The van der Waals surface area contributed by atoms with Gasteiger partial charge in [-0.05, 0) is 36.4 Å². The number of halogens is 1. The highest BCUT2D eigenvalue weighted by atomic mass is 35.5. The molecule has 26 heavy (non-hydrogen) atoms. The molecule has 138 valence electrons. The number of likely N-dealkylation sites (N-methyl/N-ethyl adjacent to an activating group) is 1. The molecule has 0 saturated carbocycles. The monoisotopic (exact) mass is 376 g/mol. The summed E-state index contributed by atoms with van der Waals surface area (Å²) in [6.07, 6.45) is 1.81. The van der Waals surface area contributed by atoms with Crippen LogP contribution in [0, 0.1) is 5.92 Å². The summed E-state index contributed by atoms with van der Waals surface area (Å²) in [6.45, 7) is 1.64. The average molecular weight is 377 g/mol. The summed E-state index contributed by atoms with van der Waals surface area (Å²) >= 11 is 5.83. The van der Waals surface area contributed by atoms with Crippen LogP contribution in [0.2, 0.25) is 5.02 Å². The molecule has 2 heterocycles. The van der Waals surface area contributed by atoms with Gasteiger partial charge in [0, 0.05) is 25.0 Å². The fourth-order valence-electron chi connectivity index (χ4n) is 2.93. The summed E-state index contributed by atoms with van der Waals surface area (Å²) in [7, 11) is 1.73. The largest absolute Gasteiger partial charge is 0.492 e. The number of rotatable bonds is 7. The number of carbonyl (C=O) groups excluding carboxylic acids is 2. The zero-order chi connectivity index (χ0) is 18.5. The van der Waals surface area contributed by atoms with E-state index in [-0.39, 0.29) is 24.2 Å². The second kappa shape index (κ2) is 8.27. The van der Waals surface area contributed by atoms with Crippen molar-refractivity contribution < 1.29 is 18.7 Å². The molecule has 6 nitrogen and oxygen atoms in total. The second-order valence-electron chi connectivity index (χ2n) is 6.32. The molecule has 1 aliphatic heterocycles. The highest BCUT2D eigenvalue weighted by Gasteiger charge is 2.35. The van der Waals surface area contributed by atoms with Gasteiger partial charge in [-0.25, -0.2) is 0 Å². The van der Waals surface area contributed by atoms with Gasteiger partial charge in [0.05, 0.1) is 25.3 Å². The summed E-state index contributed by atoms with van der Waals surface area (Å²) in [5.74, 6) is 1.04. The molecule has 0 aliphatic carbocycles. The van der Waals surface area contributed by atoms with Crippen LogP contribution in [0.3, 0.4) is 0 Å². The molecule has 0 N–H and O–H groups in total. The van der Waals surface area contributed by atoms with E-state index in [0.717, 1.165) is 5.76 Å². The third-order valence-electron chi connectivity index (χ3n) is 4.38. The minimum absolute atomic E-state index is 0.0226. The van der Waals surface area contributed by atoms with Crippen molar-refractivity contribution in [2.75, 3.05) is 26.7 Å². The Morgan fingerprint density at radius 2 is 2.12 bits per heavy atom. The fourth-order valence-corrected chi connectivity index (χ4v) is 3.06. The number of hydrogen-bond acceptors (Lipinski definition) is 4. The van der Waals surface area contributed by atoms with E-state index in [2.05, 4.69) is 0 Å². The van der Waals surface area contributed by atoms with Crippen molar-refractivity contribution in [1.29, 1.82) is 0 Å². The van der Waals surface area contributed by atoms with Gasteiger partial charge in [-0.2, -0.15) is 0 Å². The van der Waals surface area contributed by atoms with Crippen LogP contribution in [0.15, 0.2) is 47.1 Å². The van der Waals surface area contributed by atoms with Crippen LogP contribution in [0.25, 0.3) is 0 Å². The molecular weight excluding hydrogens is 356 g/mol. The Morgan fingerprint density at radius 1 is 1.35 bits per heavy atom. The van der Waals surface area contributed by atoms with Gasteiger partial charge in [0.2, 0.25) is 11.8 Å². The molecule has 0 radical (unpaired) electrons. The molecule has 1 aliphatic rings. The summed E-state index contributed by atoms with van der Waals surface area (Å²) in [4.78, 5) is 28.0. The van der Waals surface area contributed by atoms with E-state index in [1.165, 1.54) is 0 Å². The first-order valence-electron chi connectivity index (χ1n) is 8.46. The number of ether oxygens (including phenoxy) is 1. The standard InChI is InChI=1S/C19H21ClN2O4/c1-21(8-10-26-16-6-4-15(20)5-7-16)19(24)14-11-18(23)22(12-14)13-17-3-2-9-25-17/h2-7,9,14H,8,10-13H2,1H3. The first-order chi connectivity index (χ1) is 12.5. The number of benzene rings is 1. The Bertz CT molecular complexity index is 745. The predicted octanol–water partition coefficient (Wildman–Crippen LogP) is 2.82. The Kier molecular flexibility index (Phi) is 5.83. The fraction of sp³-hybridized carbons (Fsp3) is 0.368. The topological polar surface area (TPSA) is 63.0 Å².